The normalized spacial score (nSPS) is 30.5. The fourth-order valence-electron chi connectivity index (χ4n) is 1.08. The molecule has 0 aromatic carbocycles. The fourth-order valence-corrected chi connectivity index (χ4v) is 1.18. The van der Waals surface area contributed by atoms with Crippen molar-refractivity contribution < 1.29 is 9.31 Å². The van der Waals surface area contributed by atoms with Crippen LogP contribution < -0.4 is 0 Å². The van der Waals surface area contributed by atoms with Crippen molar-refractivity contribution in [2.24, 2.45) is 0 Å². The monoisotopic (exact) mass is 190 g/mol. The predicted molar refractivity (Wildman–Crippen MR) is 51.4 cm³/mol. The highest BCUT2D eigenvalue weighted by atomic mass is 35.5. The Bertz CT molecular complexity index is 164. The van der Waals surface area contributed by atoms with Crippen molar-refractivity contribution >= 4 is 18.7 Å². The van der Waals surface area contributed by atoms with Crippen LogP contribution in [0.2, 0.25) is 0 Å². The zero-order chi connectivity index (χ0) is 9.57. The van der Waals surface area contributed by atoms with E-state index in [-0.39, 0.29) is 23.6 Å². The van der Waals surface area contributed by atoms with Crippen molar-refractivity contribution in [1.82, 2.24) is 0 Å². The Morgan fingerprint density at radius 1 is 1.08 bits per heavy atom. The number of hydrogen-bond donors (Lipinski definition) is 0. The summed E-state index contributed by atoms with van der Waals surface area (Å²) in [6.07, 6.45) is 0. The molecule has 1 atom stereocenters. The zero-order valence-corrected chi connectivity index (χ0v) is 9.11. The highest BCUT2D eigenvalue weighted by Crippen LogP contribution is 2.38. The molecule has 1 rings (SSSR count). The Morgan fingerprint density at radius 2 is 1.42 bits per heavy atom. The number of rotatable bonds is 1. The molecule has 71 valence electrons. The van der Waals surface area contributed by atoms with Crippen LogP contribution in [0.25, 0.3) is 0 Å². The third kappa shape index (κ3) is 1.63. The Kier molecular flexibility index (Phi) is 2.50. The van der Waals surface area contributed by atoms with Gasteiger partial charge < -0.3 is 9.31 Å². The molecule has 0 amide bonds. The lowest BCUT2D eigenvalue weighted by molar-refractivity contribution is 0.00578. The van der Waals surface area contributed by atoms with E-state index < -0.39 is 0 Å². The van der Waals surface area contributed by atoms with Gasteiger partial charge in [-0.2, -0.15) is 11.6 Å². The van der Waals surface area contributed by atoms with Crippen LogP contribution in [0.3, 0.4) is 0 Å². The van der Waals surface area contributed by atoms with E-state index in [1.165, 1.54) is 0 Å². The summed E-state index contributed by atoms with van der Waals surface area (Å²) < 4.78 is 11.3. The maximum atomic E-state index is 5.89. The second-order valence-electron chi connectivity index (χ2n) is 4.30. The molecule has 0 saturated carbocycles. The Labute approximate surface area is 79.7 Å². The highest BCUT2D eigenvalue weighted by molar-refractivity contribution is 6.59. The Balaban J connectivity index is 2.74. The van der Waals surface area contributed by atoms with Gasteiger partial charge in [0.2, 0.25) is 0 Å². The van der Waals surface area contributed by atoms with E-state index in [4.69, 9.17) is 20.9 Å². The van der Waals surface area contributed by atoms with Gasteiger partial charge in [0.15, 0.2) is 7.12 Å². The molecule has 0 aromatic heterocycles. The smallest absolute Gasteiger partial charge is 0.158 e. The lowest BCUT2D eigenvalue weighted by Crippen LogP contribution is -2.41. The van der Waals surface area contributed by atoms with Crippen LogP contribution in [-0.2, 0) is 9.31 Å². The minimum Gasteiger partial charge on any atom is -0.583 e. The number of alkyl halides is 1. The quantitative estimate of drug-likeness (QED) is 0.466. The maximum absolute atomic E-state index is 5.89. The summed E-state index contributed by atoms with van der Waals surface area (Å²) in [5.41, 5.74) is -0.526. The van der Waals surface area contributed by atoms with E-state index in [2.05, 4.69) is 0 Å². The van der Waals surface area contributed by atoms with Crippen LogP contribution in [0.4, 0.5) is 0 Å². The molecule has 0 aliphatic carbocycles. The van der Waals surface area contributed by atoms with Gasteiger partial charge in [-0.15, -0.1) is 0 Å². The van der Waals surface area contributed by atoms with Gasteiger partial charge in [0, 0.05) is 11.2 Å². The van der Waals surface area contributed by atoms with E-state index >= 15 is 0 Å². The summed E-state index contributed by atoms with van der Waals surface area (Å²) in [5.74, 6) is 0. The molecule has 1 aliphatic rings. The van der Waals surface area contributed by atoms with E-state index in [1.54, 1.807) is 0 Å². The van der Waals surface area contributed by atoms with Gasteiger partial charge in [-0.1, -0.05) is 12.2 Å². The van der Waals surface area contributed by atoms with Crippen LogP contribution in [0.15, 0.2) is 0 Å². The highest BCUT2D eigenvalue weighted by Gasteiger charge is 2.42. The van der Waals surface area contributed by atoms with E-state index in [0.717, 1.165) is 0 Å². The SMILES string of the molecule is C[C@H](Cl)[B-]1OC(C)(C)C(C)(C)O1. The van der Waals surface area contributed by atoms with Crippen molar-refractivity contribution in [3.63, 3.8) is 0 Å². The van der Waals surface area contributed by atoms with Gasteiger partial charge in [0.25, 0.3) is 0 Å². The largest absolute Gasteiger partial charge is 0.583 e. The van der Waals surface area contributed by atoms with Gasteiger partial charge in [0.1, 0.15) is 0 Å². The van der Waals surface area contributed by atoms with Gasteiger partial charge in [-0.05, 0) is 27.7 Å². The lowest BCUT2D eigenvalue weighted by Gasteiger charge is -2.37. The molecular formula is C8H16BClO2-. The van der Waals surface area contributed by atoms with Crippen molar-refractivity contribution in [3.8, 4) is 0 Å². The molecule has 1 aliphatic heterocycles. The van der Waals surface area contributed by atoms with Gasteiger partial charge in [0.05, 0.1) is 0 Å². The van der Waals surface area contributed by atoms with Crippen molar-refractivity contribution in [2.75, 3.05) is 0 Å². The summed E-state index contributed by atoms with van der Waals surface area (Å²) >= 11 is 5.89. The molecule has 2 nitrogen and oxygen atoms in total. The zero-order valence-electron chi connectivity index (χ0n) is 8.35. The standard InChI is InChI=1S/C8H16BClO2/c1-6(10)9-11-7(2,3)8(4,5)12-9/h6H,1-5H3/q-1/t6-/m0/s1. The summed E-state index contributed by atoms with van der Waals surface area (Å²) in [6, 6.07) is 0. The third-order valence-electron chi connectivity index (χ3n) is 2.65. The van der Waals surface area contributed by atoms with Crippen LogP contribution in [-0.4, -0.2) is 23.6 Å². The first-order valence-corrected chi connectivity index (χ1v) is 4.69. The molecule has 1 radical (unpaired) electrons. The second-order valence-corrected chi connectivity index (χ2v) is 4.99. The molecule has 1 heterocycles. The van der Waals surface area contributed by atoms with Crippen molar-refractivity contribution in [1.29, 1.82) is 0 Å². The first-order valence-electron chi connectivity index (χ1n) is 4.26. The van der Waals surface area contributed by atoms with Gasteiger partial charge >= 0.3 is 0 Å². The van der Waals surface area contributed by atoms with Crippen LogP contribution in [0.1, 0.15) is 34.6 Å². The average Bonchev–Trinajstić information content (AvgIpc) is 2.03. The van der Waals surface area contributed by atoms with Gasteiger partial charge in [-0.3, -0.25) is 0 Å². The average molecular weight is 190 g/mol. The van der Waals surface area contributed by atoms with Crippen molar-refractivity contribution in [3.05, 3.63) is 0 Å². The summed E-state index contributed by atoms with van der Waals surface area (Å²) in [5, 5.41) is -0.106. The number of hydrogen-bond acceptors (Lipinski definition) is 2. The lowest BCUT2D eigenvalue weighted by atomic mass is 9.86. The minimum absolute atomic E-state index is 0.106. The maximum Gasteiger partial charge on any atom is 0.158 e. The predicted octanol–water partition coefficient (Wildman–Crippen LogP) is 2.25. The first-order chi connectivity index (χ1) is 5.26. The van der Waals surface area contributed by atoms with E-state index in [9.17, 15) is 0 Å². The number of halogens is 1. The summed E-state index contributed by atoms with van der Waals surface area (Å²) in [6.45, 7) is 9.96. The third-order valence-corrected chi connectivity index (χ3v) is 2.85. The second kappa shape index (κ2) is 2.90. The van der Waals surface area contributed by atoms with Crippen molar-refractivity contribution in [2.45, 2.75) is 51.1 Å². The molecule has 0 spiro atoms. The molecule has 0 aromatic rings. The van der Waals surface area contributed by atoms with Crippen LogP contribution >= 0.6 is 11.6 Å². The summed E-state index contributed by atoms with van der Waals surface area (Å²) in [7, 11) is -0.281. The fraction of sp³-hybridized carbons (Fsp3) is 1.00. The molecule has 0 unspecified atom stereocenters. The Morgan fingerprint density at radius 3 is 1.58 bits per heavy atom. The first kappa shape index (κ1) is 10.4. The topological polar surface area (TPSA) is 18.5 Å². The van der Waals surface area contributed by atoms with E-state index in [1.807, 2.05) is 34.6 Å². The molecule has 1 fully saturated rings. The Hall–Kier alpha value is 0.275. The summed E-state index contributed by atoms with van der Waals surface area (Å²) in [4.78, 5) is 0. The molecule has 1 saturated heterocycles. The molecule has 4 heteroatoms. The molecule has 12 heavy (non-hydrogen) atoms. The molecular weight excluding hydrogens is 174 g/mol. The van der Waals surface area contributed by atoms with Gasteiger partial charge in [-0.25, -0.2) is 0 Å². The van der Waals surface area contributed by atoms with Crippen LogP contribution in [0.5, 0.6) is 0 Å². The van der Waals surface area contributed by atoms with Crippen LogP contribution in [0, 0.1) is 0 Å². The molecule has 0 N–H and O–H groups in total. The minimum atomic E-state index is -0.281. The van der Waals surface area contributed by atoms with E-state index in [0.29, 0.717) is 0 Å². The molecule has 0 bridgehead atoms.